The van der Waals surface area contributed by atoms with Crippen LogP contribution in [0.25, 0.3) is 0 Å². The average molecular weight is 378 g/mol. The fourth-order valence-electron chi connectivity index (χ4n) is 2.88. The van der Waals surface area contributed by atoms with Gasteiger partial charge in [0.15, 0.2) is 17.5 Å². The second-order valence-corrected chi connectivity index (χ2v) is 6.14. The van der Waals surface area contributed by atoms with Gasteiger partial charge in [0.2, 0.25) is 0 Å². The van der Waals surface area contributed by atoms with Crippen LogP contribution in [0, 0.1) is 17.5 Å². The largest absolute Gasteiger partial charge is 0.412 e. The first-order valence-electron chi connectivity index (χ1n) is 8.42. The van der Waals surface area contributed by atoms with Gasteiger partial charge >= 0.3 is 6.09 Å². The van der Waals surface area contributed by atoms with Crippen molar-refractivity contribution < 1.29 is 27.5 Å². The highest BCUT2D eigenvalue weighted by molar-refractivity contribution is 5.94. The summed E-state index contributed by atoms with van der Waals surface area (Å²) in [5, 5.41) is 2.71. The summed E-state index contributed by atoms with van der Waals surface area (Å²) in [4.78, 5) is 25.6. The van der Waals surface area contributed by atoms with Crippen LogP contribution in [0.5, 0.6) is 5.75 Å². The highest BCUT2D eigenvalue weighted by Gasteiger charge is 2.28. The Hall–Kier alpha value is -3.03. The van der Waals surface area contributed by atoms with E-state index in [1.807, 2.05) is 0 Å². The van der Waals surface area contributed by atoms with Gasteiger partial charge in [-0.25, -0.2) is 18.0 Å². The quantitative estimate of drug-likeness (QED) is 0.832. The monoisotopic (exact) mass is 378 g/mol. The average Bonchev–Trinajstić information content (AvgIpc) is 2.67. The minimum absolute atomic E-state index is 0.208. The van der Waals surface area contributed by atoms with E-state index in [9.17, 15) is 22.8 Å². The number of carbonyl (C=O) groups is 2. The summed E-state index contributed by atoms with van der Waals surface area (Å²) in [6.45, 7) is 0.487. The van der Waals surface area contributed by atoms with Gasteiger partial charge < -0.3 is 15.0 Å². The highest BCUT2D eigenvalue weighted by atomic mass is 19.2. The number of hydrogen-bond acceptors (Lipinski definition) is 3. The lowest BCUT2D eigenvalue weighted by Crippen LogP contribution is -2.47. The number of rotatable bonds is 3. The van der Waals surface area contributed by atoms with Gasteiger partial charge in [-0.15, -0.1) is 0 Å². The molecule has 0 aromatic heterocycles. The van der Waals surface area contributed by atoms with Crippen molar-refractivity contribution in [1.29, 1.82) is 0 Å². The molecule has 5 nitrogen and oxygen atoms in total. The lowest BCUT2D eigenvalue weighted by Gasteiger charge is -2.32. The maximum absolute atomic E-state index is 13.8. The van der Waals surface area contributed by atoms with Crippen LogP contribution in [0.15, 0.2) is 42.5 Å². The van der Waals surface area contributed by atoms with E-state index >= 15 is 0 Å². The van der Waals surface area contributed by atoms with Crippen molar-refractivity contribution in [3.05, 3.63) is 65.5 Å². The summed E-state index contributed by atoms with van der Waals surface area (Å²) in [6.07, 6.45) is 0.264. The molecule has 0 unspecified atom stereocenters. The minimum Gasteiger partial charge on any atom is -0.410 e. The molecular weight excluding hydrogens is 361 g/mol. The molecule has 8 heteroatoms. The van der Waals surface area contributed by atoms with Gasteiger partial charge in [-0.2, -0.15) is 0 Å². The molecule has 1 N–H and O–H groups in total. The van der Waals surface area contributed by atoms with E-state index in [4.69, 9.17) is 4.74 Å². The summed E-state index contributed by atoms with van der Waals surface area (Å²) in [6, 6.07) is 10.0. The predicted octanol–water partition coefficient (Wildman–Crippen LogP) is 3.50. The standard InChI is InChI=1S/C19H17F3N2O3/c20-15-7-6-14(16(21)17(15)22)18(25)24-10-8-12(9-11-24)23-19(26)27-13-4-2-1-3-5-13/h1-7,12H,8-11H2,(H,23,26). The Morgan fingerprint density at radius 1 is 0.963 bits per heavy atom. The van der Waals surface area contributed by atoms with E-state index in [-0.39, 0.29) is 19.1 Å². The lowest BCUT2D eigenvalue weighted by atomic mass is 10.0. The van der Waals surface area contributed by atoms with Crippen LogP contribution in [-0.4, -0.2) is 36.0 Å². The number of piperidine rings is 1. The number of nitrogens with one attached hydrogen (secondary N) is 1. The number of nitrogens with zero attached hydrogens (tertiary/aromatic N) is 1. The molecule has 1 aliphatic heterocycles. The van der Waals surface area contributed by atoms with Gasteiger partial charge in [-0.1, -0.05) is 18.2 Å². The first-order valence-corrected chi connectivity index (χ1v) is 8.42. The number of carbonyl (C=O) groups excluding carboxylic acids is 2. The van der Waals surface area contributed by atoms with E-state index in [0.29, 0.717) is 18.6 Å². The van der Waals surface area contributed by atoms with Crippen molar-refractivity contribution in [3.63, 3.8) is 0 Å². The zero-order valence-electron chi connectivity index (χ0n) is 14.3. The number of benzene rings is 2. The van der Waals surface area contributed by atoms with Crippen LogP contribution < -0.4 is 10.1 Å². The van der Waals surface area contributed by atoms with E-state index in [1.165, 1.54) is 4.90 Å². The smallest absolute Gasteiger partial charge is 0.410 e. The molecular formula is C19H17F3N2O3. The van der Waals surface area contributed by atoms with E-state index in [2.05, 4.69) is 5.32 Å². The Bertz CT molecular complexity index is 838. The van der Waals surface area contributed by atoms with Crippen LogP contribution in [0.2, 0.25) is 0 Å². The van der Waals surface area contributed by atoms with Crippen LogP contribution in [0.3, 0.4) is 0 Å². The highest BCUT2D eigenvalue weighted by Crippen LogP contribution is 2.20. The van der Waals surface area contributed by atoms with Crippen LogP contribution >= 0.6 is 0 Å². The number of likely N-dealkylation sites (tertiary alicyclic amines) is 1. The summed E-state index contributed by atoms with van der Waals surface area (Å²) in [7, 11) is 0. The normalized spacial score (nSPS) is 14.7. The topological polar surface area (TPSA) is 58.6 Å². The van der Waals surface area contributed by atoms with E-state index in [1.54, 1.807) is 30.3 Å². The Labute approximate surface area is 153 Å². The molecule has 0 bridgehead atoms. The third-order valence-electron chi connectivity index (χ3n) is 4.32. The SMILES string of the molecule is O=C(NC1CCN(C(=O)c2ccc(F)c(F)c2F)CC1)Oc1ccccc1. The summed E-state index contributed by atoms with van der Waals surface area (Å²) in [5.41, 5.74) is -0.510. The molecule has 1 fully saturated rings. The van der Waals surface area contributed by atoms with E-state index < -0.39 is 35.0 Å². The Balaban J connectivity index is 1.53. The lowest BCUT2D eigenvalue weighted by molar-refractivity contribution is 0.0700. The number of ether oxygens (including phenoxy) is 1. The molecule has 1 saturated heterocycles. The number of amides is 2. The van der Waals surface area contributed by atoms with Gasteiger partial charge in [-0.3, -0.25) is 4.79 Å². The molecule has 0 atom stereocenters. The maximum atomic E-state index is 13.8. The van der Waals surface area contributed by atoms with Gasteiger partial charge in [0.05, 0.1) is 5.56 Å². The molecule has 27 heavy (non-hydrogen) atoms. The molecule has 0 saturated carbocycles. The summed E-state index contributed by atoms with van der Waals surface area (Å²) >= 11 is 0. The Morgan fingerprint density at radius 2 is 1.63 bits per heavy atom. The third kappa shape index (κ3) is 4.39. The van der Waals surface area contributed by atoms with Crippen molar-refractivity contribution >= 4 is 12.0 Å². The van der Waals surface area contributed by atoms with Crippen LogP contribution in [-0.2, 0) is 0 Å². The molecule has 3 rings (SSSR count). The fourth-order valence-corrected chi connectivity index (χ4v) is 2.88. The summed E-state index contributed by atoms with van der Waals surface area (Å²) in [5.74, 6) is -4.80. The number of halogens is 3. The van der Waals surface area contributed by atoms with Crippen molar-refractivity contribution in [2.24, 2.45) is 0 Å². The second kappa shape index (κ2) is 8.11. The molecule has 1 aliphatic rings. The molecule has 2 aromatic rings. The third-order valence-corrected chi connectivity index (χ3v) is 4.32. The van der Waals surface area contributed by atoms with Crippen LogP contribution in [0.1, 0.15) is 23.2 Å². The van der Waals surface area contributed by atoms with Crippen molar-refractivity contribution in [2.75, 3.05) is 13.1 Å². The van der Waals surface area contributed by atoms with Crippen molar-refractivity contribution in [1.82, 2.24) is 10.2 Å². The first-order chi connectivity index (χ1) is 13.0. The van der Waals surface area contributed by atoms with Crippen LogP contribution in [0.4, 0.5) is 18.0 Å². The Morgan fingerprint density at radius 3 is 2.30 bits per heavy atom. The molecule has 1 heterocycles. The Kier molecular flexibility index (Phi) is 5.63. The zero-order valence-corrected chi connectivity index (χ0v) is 14.3. The van der Waals surface area contributed by atoms with Crippen molar-refractivity contribution in [2.45, 2.75) is 18.9 Å². The molecule has 0 aliphatic carbocycles. The van der Waals surface area contributed by atoms with Gasteiger partial charge in [0.25, 0.3) is 5.91 Å². The van der Waals surface area contributed by atoms with Gasteiger partial charge in [0.1, 0.15) is 5.75 Å². The van der Waals surface area contributed by atoms with Gasteiger partial charge in [-0.05, 0) is 37.1 Å². The predicted molar refractivity (Wildman–Crippen MR) is 90.8 cm³/mol. The minimum atomic E-state index is -1.67. The van der Waals surface area contributed by atoms with Gasteiger partial charge in [0, 0.05) is 19.1 Å². The summed E-state index contributed by atoms with van der Waals surface area (Å²) < 4.78 is 45.3. The molecule has 142 valence electrons. The molecule has 2 amide bonds. The van der Waals surface area contributed by atoms with E-state index in [0.717, 1.165) is 12.1 Å². The number of hydrogen-bond donors (Lipinski definition) is 1. The number of para-hydroxylation sites is 1. The fraction of sp³-hybridized carbons (Fsp3) is 0.263. The molecule has 2 aromatic carbocycles. The molecule has 0 radical (unpaired) electrons. The zero-order chi connectivity index (χ0) is 19.4. The molecule has 0 spiro atoms. The maximum Gasteiger partial charge on any atom is 0.412 e. The first kappa shape index (κ1) is 18.8. The second-order valence-electron chi connectivity index (χ2n) is 6.14. The van der Waals surface area contributed by atoms with Crippen molar-refractivity contribution in [3.8, 4) is 5.75 Å².